The van der Waals surface area contributed by atoms with E-state index in [9.17, 15) is 20.1 Å². The van der Waals surface area contributed by atoms with Gasteiger partial charge in [0.2, 0.25) is 0 Å². The van der Waals surface area contributed by atoms with Gasteiger partial charge in [0.05, 0.1) is 30.0 Å². The number of nitrogens with one attached hydrogen (secondary N) is 1. The highest BCUT2D eigenvalue weighted by molar-refractivity contribution is 5.81. The molecule has 0 aliphatic carbocycles. The highest BCUT2D eigenvalue weighted by Gasteiger charge is 2.45. The van der Waals surface area contributed by atoms with Crippen LogP contribution in [0.3, 0.4) is 0 Å². The molecule has 1 fully saturated rings. The van der Waals surface area contributed by atoms with E-state index in [1.165, 1.54) is 0 Å². The van der Waals surface area contributed by atoms with Crippen LogP contribution < -0.4 is 5.32 Å². The lowest BCUT2D eigenvalue weighted by molar-refractivity contribution is -0.266. The van der Waals surface area contributed by atoms with Crippen molar-refractivity contribution in [3.05, 3.63) is 0 Å². The van der Waals surface area contributed by atoms with Crippen LogP contribution in [0.25, 0.3) is 0 Å². The molecule has 0 amide bonds. The third-order valence-electron chi connectivity index (χ3n) is 6.94. The van der Waals surface area contributed by atoms with E-state index in [0.717, 1.165) is 13.0 Å². The normalized spacial score (nSPS) is 29.1. The van der Waals surface area contributed by atoms with Crippen LogP contribution in [0, 0.1) is 17.8 Å². The second kappa shape index (κ2) is 13.5. The summed E-state index contributed by atoms with van der Waals surface area (Å²) in [6, 6.07) is 0.291. The number of hydrogen-bond donors (Lipinski definition) is 4. The molecule has 1 heterocycles. The van der Waals surface area contributed by atoms with Crippen molar-refractivity contribution >= 4 is 5.78 Å². The Kier molecular flexibility index (Phi) is 12.4. The predicted molar refractivity (Wildman–Crippen MR) is 130 cm³/mol. The molecule has 1 saturated heterocycles. The molecule has 196 valence electrons. The van der Waals surface area contributed by atoms with Crippen LogP contribution >= 0.6 is 0 Å². The maximum Gasteiger partial charge on any atom is 0.159 e. The highest BCUT2D eigenvalue weighted by atomic mass is 16.7. The molecule has 0 spiro atoms. The lowest BCUT2D eigenvalue weighted by Crippen LogP contribution is -2.54. The second-order valence-corrected chi connectivity index (χ2v) is 10.9. The Bertz CT molecular complexity index is 585. The molecule has 33 heavy (non-hydrogen) atoms. The second-order valence-electron chi connectivity index (χ2n) is 10.9. The summed E-state index contributed by atoms with van der Waals surface area (Å²) in [7, 11) is 5.95. The Balaban J connectivity index is 3.14. The number of ether oxygens (including phenoxy) is 2. The SMILES string of the molecule is CNC[C@H](C)C[C@@](C)(O)[C@H](OC1CC(N(C)C)CC(C)O1)[C@@H](C)[C@H](O)C(C)C(=O)CC(C)O. The van der Waals surface area contributed by atoms with Gasteiger partial charge in [-0.2, -0.15) is 0 Å². The Morgan fingerprint density at radius 1 is 1.21 bits per heavy atom. The fourth-order valence-corrected chi connectivity index (χ4v) is 5.13. The first kappa shape index (κ1) is 30.4. The van der Waals surface area contributed by atoms with Crippen molar-refractivity contribution in [1.29, 1.82) is 0 Å². The van der Waals surface area contributed by atoms with E-state index in [1.54, 1.807) is 20.8 Å². The van der Waals surface area contributed by atoms with Crippen molar-refractivity contribution in [2.24, 2.45) is 17.8 Å². The van der Waals surface area contributed by atoms with E-state index in [4.69, 9.17) is 9.47 Å². The number of nitrogens with zero attached hydrogens (tertiary/aromatic N) is 1. The molecular weight excluding hydrogens is 424 g/mol. The summed E-state index contributed by atoms with van der Waals surface area (Å²) in [5.41, 5.74) is -1.25. The fraction of sp³-hybridized carbons (Fsp3) is 0.960. The molecule has 10 atom stereocenters. The van der Waals surface area contributed by atoms with E-state index in [2.05, 4.69) is 17.1 Å². The summed E-state index contributed by atoms with van der Waals surface area (Å²) in [5, 5.41) is 35.4. The molecule has 0 aromatic rings. The number of aliphatic hydroxyl groups excluding tert-OH is 2. The van der Waals surface area contributed by atoms with Crippen molar-refractivity contribution in [2.75, 3.05) is 27.7 Å². The molecule has 8 heteroatoms. The van der Waals surface area contributed by atoms with Crippen molar-refractivity contribution in [2.45, 2.75) is 110 Å². The minimum absolute atomic E-state index is 0.0109. The first-order valence-corrected chi connectivity index (χ1v) is 12.4. The van der Waals surface area contributed by atoms with Crippen molar-refractivity contribution in [3.8, 4) is 0 Å². The molecule has 4 N–H and O–H groups in total. The lowest BCUT2D eigenvalue weighted by Gasteiger charge is -2.45. The van der Waals surface area contributed by atoms with E-state index < -0.39 is 42.0 Å². The van der Waals surface area contributed by atoms with Crippen molar-refractivity contribution in [1.82, 2.24) is 10.2 Å². The van der Waals surface area contributed by atoms with Gasteiger partial charge in [-0.3, -0.25) is 4.79 Å². The number of aliphatic hydroxyl groups is 3. The van der Waals surface area contributed by atoms with Gasteiger partial charge >= 0.3 is 0 Å². The van der Waals surface area contributed by atoms with E-state index in [0.29, 0.717) is 18.9 Å². The third kappa shape index (κ3) is 9.51. The average Bonchev–Trinajstić information content (AvgIpc) is 2.69. The summed E-state index contributed by atoms with van der Waals surface area (Å²) in [6.07, 6.45) is -1.03. The third-order valence-corrected chi connectivity index (χ3v) is 6.94. The topological polar surface area (TPSA) is 111 Å². The van der Waals surface area contributed by atoms with Gasteiger partial charge in [-0.15, -0.1) is 0 Å². The molecule has 8 nitrogen and oxygen atoms in total. The molecule has 0 saturated carbocycles. The number of hydrogen-bond acceptors (Lipinski definition) is 8. The van der Waals surface area contributed by atoms with Gasteiger partial charge in [0.1, 0.15) is 5.78 Å². The zero-order valence-electron chi connectivity index (χ0n) is 22.2. The zero-order chi connectivity index (χ0) is 25.5. The maximum absolute atomic E-state index is 12.5. The van der Waals surface area contributed by atoms with E-state index in [-0.39, 0.29) is 24.2 Å². The number of carbonyl (C=O) groups is 1. The fourth-order valence-electron chi connectivity index (χ4n) is 5.13. The zero-order valence-corrected chi connectivity index (χ0v) is 22.2. The summed E-state index contributed by atoms with van der Waals surface area (Å²) >= 11 is 0. The largest absolute Gasteiger partial charge is 0.393 e. The predicted octanol–water partition coefficient (Wildman–Crippen LogP) is 1.80. The van der Waals surface area contributed by atoms with Gasteiger partial charge in [0.15, 0.2) is 6.29 Å². The molecule has 0 radical (unpaired) electrons. The van der Waals surface area contributed by atoms with Gasteiger partial charge in [-0.05, 0) is 67.2 Å². The minimum Gasteiger partial charge on any atom is -0.393 e. The monoisotopic (exact) mass is 474 g/mol. The first-order valence-electron chi connectivity index (χ1n) is 12.4. The summed E-state index contributed by atoms with van der Waals surface area (Å²) in [6.45, 7) is 11.6. The van der Waals surface area contributed by atoms with Gasteiger partial charge in [0, 0.05) is 30.7 Å². The Morgan fingerprint density at radius 2 is 1.82 bits per heavy atom. The van der Waals surface area contributed by atoms with E-state index in [1.807, 2.05) is 35.0 Å². The van der Waals surface area contributed by atoms with Gasteiger partial charge < -0.3 is 35.0 Å². The highest BCUT2D eigenvalue weighted by Crippen LogP contribution is 2.35. The van der Waals surface area contributed by atoms with Gasteiger partial charge in [0.25, 0.3) is 0 Å². The lowest BCUT2D eigenvalue weighted by atomic mass is 9.77. The number of carbonyl (C=O) groups excluding carboxylic acids is 1. The van der Waals surface area contributed by atoms with Crippen LogP contribution in [0.1, 0.15) is 67.2 Å². The molecular formula is C25H50N2O6. The van der Waals surface area contributed by atoms with Crippen LogP contribution in [0.2, 0.25) is 0 Å². The Morgan fingerprint density at radius 3 is 2.33 bits per heavy atom. The van der Waals surface area contributed by atoms with Crippen LogP contribution in [-0.2, 0) is 14.3 Å². The first-order chi connectivity index (χ1) is 15.2. The average molecular weight is 475 g/mol. The van der Waals surface area contributed by atoms with Crippen LogP contribution in [0.15, 0.2) is 0 Å². The number of Topliss-reactive ketones (excluding diaryl/α,β-unsaturated/α-hetero) is 1. The smallest absolute Gasteiger partial charge is 0.159 e. The van der Waals surface area contributed by atoms with E-state index >= 15 is 0 Å². The Labute approximate surface area is 201 Å². The number of ketones is 1. The van der Waals surface area contributed by atoms with Crippen LogP contribution in [0.5, 0.6) is 0 Å². The Hall–Kier alpha value is -0.610. The standard InChI is InChI=1S/C25H50N2O6/c1-15(14-26-7)13-25(6,31)24(19(5)23(30)18(4)21(29)10-16(2)28)33-22-12-20(27(8)9)11-17(3)32-22/h15-20,22-24,26,28,30-31H,10-14H2,1-9H3/t15-,16?,17?,18?,19+,20?,22?,23-,24-,25-/m1/s1. The molecule has 0 aromatic carbocycles. The molecule has 0 bridgehead atoms. The summed E-state index contributed by atoms with van der Waals surface area (Å²) < 4.78 is 12.5. The molecule has 1 aliphatic rings. The van der Waals surface area contributed by atoms with Crippen LogP contribution in [-0.4, -0.2) is 96.0 Å². The molecule has 1 rings (SSSR count). The minimum atomic E-state index is -1.25. The maximum atomic E-state index is 12.5. The summed E-state index contributed by atoms with van der Waals surface area (Å²) in [4.78, 5) is 14.7. The number of rotatable bonds is 14. The molecule has 5 unspecified atom stereocenters. The quantitative estimate of drug-likeness (QED) is 0.302. The van der Waals surface area contributed by atoms with Crippen molar-refractivity contribution < 1.29 is 29.6 Å². The summed E-state index contributed by atoms with van der Waals surface area (Å²) in [5.74, 6) is -1.25. The van der Waals surface area contributed by atoms with Crippen LogP contribution in [0.4, 0.5) is 0 Å². The van der Waals surface area contributed by atoms with Gasteiger partial charge in [-0.1, -0.05) is 20.8 Å². The van der Waals surface area contributed by atoms with Crippen molar-refractivity contribution in [3.63, 3.8) is 0 Å². The molecule has 1 aliphatic heterocycles. The molecule has 0 aromatic heterocycles. The van der Waals surface area contributed by atoms with Gasteiger partial charge in [-0.25, -0.2) is 0 Å².